The lowest BCUT2D eigenvalue weighted by Gasteiger charge is -2.32. The van der Waals surface area contributed by atoms with E-state index in [0.717, 1.165) is 22.0 Å². The highest BCUT2D eigenvalue weighted by Crippen LogP contribution is 2.33. The van der Waals surface area contributed by atoms with Gasteiger partial charge in [0.15, 0.2) is 0 Å². The number of hydrogen-bond donors (Lipinski definition) is 2. The van der Waals surface area contributed by atoms with Crippen molar-refractivity contribution in [2.45, 2.75) is 39.2 Å². The largest absolute Gasteiger partial charge is 0.368 e. The van der Waals surface area contributed by atoms with Crippen LogP contribution in [0, 0.1) is 12.8 Å². The van der Waals surface area contributed by atoms with Gasteiger partial charge >= 0.3 is 0 Å². The van der Waals surface area contributed by atoms with Crippen molar-refractivity contribution in [2.24, 2.45) is 5.92 Å². The van der Waals surface area contributed by atoms with E-state index in [1.54, 1.807) is 11.3 Å². The first kappa shape index (κ1) is 11.7. The first-order valence-electron chi connectivity index (χ1n) is 6.43. The molecule has 2 aromatic rings. The molecule has 1 atom stereocenters. The maximum atomic E-state index is 5.78. The average molecular weight is 262 g/mol. The molecule has 1 saturated carbocycles. The lowest BCUT2D eigenvalue weighted by atomic mass is 9.80. The molecule has 0 amide bonds. The van der Waals surface area contributed by atoms with E-state index >= 15 is 0 Å². The fraction of sp³-hybridized carbons (Fsp3) is 0.538. The van der Waals surface area contributed by atoms with Gasteiger partial charge in [0.1, 0.15) is 10.6 Å². The third-order valence-electron chi connectivity index (χ3n) is 3.75. The Balaban J connectivity index is 1.94. The highest BCUT2D eigenvalue weighted by Gasteiger charge is 2.24. The first-order chi connectivity index (χ1) is 8.63. The van der Waals surface area contributed by atoms with Crippen molar-refractivity contribution < 1.29 is 0 Å². The number of fused-ring (bicyclic) bond motifs is 1. The van der Waals surface area contributed by atoms with Crippen LogP contribution < -0.4 is 11.1 Å². The molecule has 1 unspecified atom stereocenters. The summed E-state index contributed by atoms with van der Waals surface area (Å²) < 4.78 is 0. The quantitative estimate of drug-likeness (QED) is 0.891. The van der Waals surface area contributed by atoms with Crippen LogP contribution in [0.1, 0.15) is 31.1 Å². The van der Waals surface area contributed by atoms with E-state index in [-0.39, 0.29) is 0 Å². The Kier molecular flexibility index (Phi) is 2.86. The normalized spacial score (nSPS) is 17.7. The molecule has 0 aromatic carbocycles. The Hall–Kier alpha value is -1.36. The van der Waals surface area contributed by atoms with Crippen LogP contribution in [0.5, 0.6) is 0 Å². The van der Waals surface area contributed by atoms with Gasteiger partial charge in [0.25, 0.3) is 0 Å². The predicted octanol–water partition coefficient (Wildman–Crippen LogP) is 3.18. The van der Waals surface area contributed by atoms with Gasteiger partial charge < -0.3 is 11.1 Å². The average Bonchev–Trinajstić information content (AvgIpc) is 2.55. The second-order valence-electron chi connectivity index (χ2n) is 5.13. The highest BCUT2D eigenvalue weighted by molar-refractivity contribution is 7.18. The number of nitrogens with zero attached hydrogens (tertiary/aromatic N) is 2. The summed E-state index contributed by atoms with van der Waals surface area (Å²) in [6.45, 7) is 4.31. The second kappa shape index (κ2) is 4.39. The smallest absolute Gasteiger partial charge is 0.223 e. The van der Waals surface area contributed by atoms with Gasteiger partial charge in [-0.1, -0.05) is 6.42 Å². The molecule has 2 heterocycles. The predicted molar refractivity (Wildman–Crippen MR) is 77.0 cm³/mol. The summed E-state index contributed by atoms with van der Waals surface area (Å²) in [7, 11) is 0. The lowest BCUT2D eigenvalue weighted by molar-refractivity contribution is 0.285. The Labute approximate surface area is 111 Å². The van der Waals surface area contributed by atoms with Crippen LogP contribution >= 0.6 is 11.3 Å². The van der Waals surface area contributed by atoms with Crippen molar-refractivity contribution in [3.05, 3.63) is 10.9 Å². The minimum absolute atomic E-state index is 0.354. The summed E-state index contributed by atoms with van der Waals surface area (Å²) in [6, 6.07) is 2.59. The lowest BCUT2D eigenvalue weighted by Crippen LogP contribution is -2.31. The zero-order valence-corrected chi connectivity index (χ0v) is 11.5. The van der Waals surface area contributed by atoms with Crippen LogP contribution in [0.15, 0.2) is 6.07 Å². The number of aryl methyl sites for hydroxylation is 1. The maximum absolute atomic E-state index is 5.78. The summed E-state index contributed by atoms with van der Waals surface area (Å²) in [4.78, 5) is 10.9. The van der Waals surface area contributed by atoms with Crippen LogP contribution in [0.3, 0.4) is 0 Å². The van der Waals surface area contributed by atoms with Gasteiger partial charge in [0, 0.05) is 10.9 Å². The standard InChI is InChI=1S/C13H18N4S/c1-7-6-10-11(15-8(2)9-4-3-5-9)16-13(14)17-12(10)18-7/h6,8-9H,3-5H2,1-2H3,(H3,14,15,16,17). The minimum atomic E-state index is 0.354. The third-order valence-corrected chi connectivity index (χ3v) is 4.70. The van der Waals surface area contributed by atoms with Gasteiger partial charge in [-0.15, -0.1) is 11.3 Å². The summed E-state index contributed by atoms with van der Waals surface area (Å²) in [6.07, 6.45) is 4.00. The van der Waals surface area contributed by atoms with Crippen molar-refractivity contribution in [3.8, 4) is 0 Å². The van der Waals surface area contributed by atoms with Gasteiger partial charge in [-0.2, -0.15) is 4.98 Å². The van der Waals surface area contributed by atoms with E-state index in [2.05, 4.69) is 35.2 Å². The molecule has 0 saturated heterocycles. The van der Waals surface area contributed by atoms with Gasteiger partial charge in [-0.05, 0) is 38.7 Å². The van der Waals surface area contributed by atoms with Crippen molar-refractivity contribution in [2.75, 3.05) is 11.1 Å². The monoisotopic (exact) mass is 262 g/mol. The number of rotatable bonds is 3. The maximum Gasteiger partial charge on any atom is 0.223 e. The van der Waals surface area contributed by atoms with Crippen molar-refractivity contribution >= 4 is 33.3 Å². The van der Waals surface area contributed by atoms with E-state index in [1.807, 2.05) is 0 Å². The first-order valence-corrected chi connectivity index (χ1v) is 7.25. The summed E-state index contributed by atoms with van der Waals surface area (Å²) >= 11 is 1.66. The summed E-state index contributed by atoms with van der Waals surface area (Å²) in [5.74, 6) is 2.02. The molecule has 3 N–H and O–H groups in total. The molecular weight excluding hydrogens is 244 g/mol. The topological polar surface area (TPSA) is 63.8 Å². The van der Waals surface area contributed by atoms with Gasteiger partial charge in [-0.25, -0.2) is 4.98 Å². The molecule has 0 bridgehead atoms. The molecule has 4 nitrogen and oxygen atoms in total. The number of anilines is 2. The molecule has 0 aliphatic heterocycles. The number of aromatic nitrogens is 2. The number of nitrogens with one attached hydrogen (secondary N) is 1. The molecule has 1 aliphatic carbocycles. The van der Waals surface area contributed by atoms with Crippen LogP contribution in [-0.2, 0) is 0 Å². The SMILES string of the molecule is Cc1cc2c(NC(C)C3CCC3)nc(N)nc2s1. The fourth-order valence-corrected chi connectivity index (χ4v) is 3.33. The zero-order valence-electron chi connectivity index (χ0n) is 10.7. The molecule has 1 fully saturated rings. The molecule has 1 aliphatic rings. The molecule has 0 spiro atoms. The number of hydrogen-bond acceptors (Lipinski definition) is 5. The van der Waals surface area contributed by atoms with Crippen LogP contribution in [-0.4, -0.2) is 16.0 Å². The number of nitrogen functional groups attached to an aromatic ring is 1. The Bertz CT molecular complexity index is 574. The molecule has 0 radical (unpaired) electrons. The van der Waals surface area contributed by atoms with Crippen molar-refractivity contribution in [1.82, 2.24) is 9.97 Å². The van der Waals surface area contributed by atoms with E-state index in [9.17, 15) is 0 Å². The molecule has 96 valence electrons. The van der Waals surface area contributed by atoms with Crippen molar-refractivity contribution in [1.29, 1.82) is 0 Å². The molecular formula is C13H18N4S. The summed E-state index contributed by atoms with van der Waals surface area (Å²) in [5, 5.41) is 4.61. The highest BCUT2D eigenvalue weighted by atomic mass is 32.1. The zero-order chi connectivity index (χ0) is 12.7. The van der Waals surface area contributed by atoms with E-state index < -0.39 is 0 Å². The number of thiophene rings is 1. The van der Waals surface area contributed by atoms with Crippen molar-refractivity contribution in [3.63, 3.8) is 0 Å². The van der Waals surface area contributed by atoms with Crippen LogP contribution in [0.4, 0.5) is 11.8 Å². The van der Waals surface area contributed by atoms with Crippen LogP contribution in [0.25, 0.3) is 10.2 Å². The Morgan fingerprint density at radius 3 is 2.89 bits per heavy atom. The van der Waals surface area contributed by atoms with E-state index in [1.165, 1.54) is 24.1 Å². The van der Waals surface area contributed by atoms with Crippen LogP contribution in [0.2, 0.25) is 0 Å². The van der Waals surface area contributed by atoms with Gasteiger partial charge in [0.2, 0.25) is 5.95 Å². The number of nitrogens with two attached hydrogens (primary N) is 1. The fourth-order valence-electron chi connectivity index (χ4n) is 2.44. The molecule has 3 rings (SSSR count). The van der Waals surface area contributed by atoms with Gasteiger partial charge in [-0.3, -0.25) is 0 Å². The van der Waals surface area contributed by atoms with E-state index in [4.69, 9.17) is 5.73 Å². The molecule has 2 aromatic heterocycles. The van der Waals surface area contributed by atoms with Gasteiger partial charge in [0.05, 0.1) is 5.39 Å². The third kappa shape index (κ3) is 2.03. The Morgan fingerprint density at radius 2 is 2.22 bits per heavy atom. The van der Waals surface area contributed by atoms with E-state index in [0.29, 0.717) is 12.0 Å². The Morgan fingerprint density at radius 1 is 1.44 bits per heavy atom. The molecule has 5 heteroatoms. The molecule has 18 heavy (non-hydrogen) atoms. The second-order valence-corrected chi connectivity index (χ2v) is 6.37. The minimum Gasteiger partial charge on any atom is -0.368 e. The summed E-state index contributed by atoms with van der Waals surface area (Å²) in [5.41, 5.74) is 5.78.